The topological polar surface area (TPSA) is 29.5 Å². The predicted octanol–water partition coefficient (Wildman–Crippen LogP) is -0.525. The molecule has 0 N–H and O–H groups in total. The number of carbonyl (C=O) groups excluding carboxylic acids is 1. The van der Waals surface area contributed by atoms with Crippen LogP contribution in [0.2, 0.25) is 0 Å². The smallest absolute Gasteiger partial charge is 0.172 e. The van der Waals surface area contributed by atoms with E-state index in [0.717, 1.165) is 0 Å². The summed E-state index contributed by atoms with van der Waals surface area (Å²) in [6, 6.07) is 0. The second-order valence-corrected chi connectivity index (χ2v) is 2.03. The van der Waals surface area contributed by atoms with Gasteiger partial charge in [-0.25, -0.2) is 0 Å². The summed E-state index contributed by atoms with van der Waals surface area (Å²) in [7, 11) is 1.86. The van der Waals surface area contributed by atoms with Crippen molar-refractivity contribution in [2.45, 2.75) is 0 Å². The fraction of sp³-hybridized carbons (Fsp3) is 0.800. The molecule has 0 spiro atoms. The minimum atomic E-state index is 0.166. The molecule has 1 heterocycles. The van der Waals surface area contributed by atoms with Crippen molar-refractivity contribution in [3.63, 3.8) is 0 Å². The SMILES string of the molecule is CN1COCC(=O)C1. The Kier molecular flexibility index (Phi) is 1.60. The highest BCUT2D eigenvalue weighted by Crippen LogP contribution is 1.92. The van der Waals surface area contributed by atoms with Gasteiger partial charge in [0, 0.05) is 0 Å². The summed E-state index contributed by atoms with van der Waals surface area (Å²) < 4.78 is 4.87. The zero-order valence-corrected chi connectivity index (χ0v) is 4.89. The average molecular weight is 115 g/mol. The van der Waals surface area contributed by atoms with Gasteiger partial charge in [0.1, 0.15) is 6.61 Å². The van der Waals surface area contributed by atoms with Crippen LogP contribution >= 0.6 is 0 Å². The van der Waals surface area contributed by atoms with E-state index >= 15 is 0 Å². The number of ether oxygens (including phenoxy) is 1. The molecule has 3 nitrogen and oxygen atoms in total. The number of rotatable bonds is 0. The van der Waals surface area contributed by atoms with Crippen LogP contribution < -0.4 is 0 Å². The van der Waals surface area contributed by atoms with E-state index in [2.05, 4.69) is 0 Å². The van der Waals surface area contributed by atoms with Crippen LogP contribution in [0.3, 0.4) is 0 Å². The molecule has 0 aliphatic carbocycles. The van der Waals surface area contributed by atoms with Crippen molar-refractivity contribution in [3.05, 3.63) is 0 Å². The maximum atomic E-state index is 10.5. The number of hydrogen-bond acceptors (Lipinski definition) is 3. The molecule has 0 radical (unpaired) electrons. The summed E-state index contributed by atoms with van der Waals surface area (Å²) >= 11 is 0. The zero-order chi connectivity index (χ0) is 5.98. The Morgan fingerprint density at radius 2 is 2.50 bits per heavy atom. The van der Waals surface area contributed by atoms with Gasteiger partial charge in [-0.2, -0.15) is 0 Å². The van der Waals surface area contributed by atoms with Crippen molar-refractivity contribution in [2.24, 2.45) is 0 Å². The molecule has 1 fully saturated rings. The maximum Gasteiger partial charge on any atom is 0.172 e. The van der Waals surface area contributed by atoms with Gasteiger partial charge in [0.2, 0.25) is 0 Å². The Bertz CT molecular complexity index is 103. The molecule has 8 heavy (non-hydrogen) atoms. The van der Waals surface area contributed by atoms with Gasteiger partial charge in [0.05, 0.1) is 13.3 Å². The second-order valence-electron chi connectivity index (χ2n) is 2.03. The van der Waals surface area contributed by atoms with Gasteiger partial charge in [-0.1, -0.05) is 0 Å². The van der Waals surface area contributed by atoms with E-state index in [4.69, 9.17) is 4.74 Å². The van der Waals surface area contributed by atoms with E-state index in [0.29, 0.717) is 19.9 Å². The fourth-order valence-corrected chi connectivity index (χ4v) is 0.708. The first kappa shape index (κ1) is 5.72. The molecule has 1 aliphatic heterocycles. The number of carbonyl (C=O) groups is 1. The third-order valence-corrected chi connectivity index (χ3v) is 1.02. The second kappa shape index (κ2) is 2.24. The van der Waals surface area contributed by atoms with Gasteiger partial charge in [-0.05, 0) is 7.05 Å². The molecular weight excluding hydrogens is 106 g/mol. The molecule has 0 saturated carbocycles. The van der Waals surface area contributed by atoms with Crippen molar-refractivity contribution >= 4 is 5.78 Å². The van der Waals surface area contributed by atoms with Gasteiger partial charge in [-0.3, -0.25) is 9.69 Å². The molecule has 1 saturated heterocycles. The molecule has 3 heteroatoms. The lowest BCUT2D eigenvalue weighted by Gasteiger charge is -2.20. The zero-order valence-electron chi connectivity index (χ0n) is 4.89. The summed E-state index contributed by atoms with van der Waals surface area (Å²) in [5, 5.41) is 0. The highest BCUT2D eigenvalue weighted by atomic mass is 16.5. The molecule has 0 atom stereocenters. The quantitative estimate of drug-likeness (QED) is 0.425. The van der Waals surface area contributed by atoms with Crippen molar-refractivity contribution < 1.29 is 9.53 Å². The maximum absolute atomic E-state index is 10.5. The molecule has 1 aliphatic rings. The van der Waals surface area contributed by atoms with Crippen LogP contribution in [0.25, 0.3) is 0 Å². The van der Waals surface area contributed by atoms with E-state index in [1.165, 1.54) is 0 Å². The number of Topliss-reactive ketones (excluding diaryl/α,β-unsaturated/α-hetero) is 1. The number of ketones is 1. The fourth-order valence-electron chi connectivity index (χ4n) is 0.708. The summed E-state index contributed by atoms with van der Waals surface area (Å²) in [4.78, 5) is 12.3. The largest absolute Gasteiger partial charge is 0.358 e. The first-order chi connectivity index (χ1) is 3.79. The van der Waals surface area contributed by atoms with Crippen LogP contribution in [0.1, 0.15) is 0 Å². The standard InChI is InChI=1S/C5H9NO2/c1-6-2-5(7)3-8-4-6/h2-4H2,1H3. The van der Waals surface area contributed by atoms with Gasteiger partial charge in [0.15, 0.2) is 5.78 Å². The van der Waals surface area contributed by atoms with Crippen molar-refractivity contribution in [3.8, 4) is 0 Å². The van der Waals surface area contributed by atoms with Crippen LogP contribution in [0.15, 0.2) is 0 Å². The molecule has 0 amide bonds. The van der Waals surface area contributed by atoms with Crippen molar-refractivity contribution in [1.29, 1.82) is 0 Å². The van der Waals surface area contributed by atoms with Crippen molar-refractivity contribution in [1.82, 2.24) is 4.90 Å². The Labute approximate surface area is 48.2 Å². The summed E-state index contributed by atoms with van der Waals surface area (Å²) in [6.45, 7) is 1.43. The molecule has 0 aromatic carbocycles. The first-order valence-electron chi connectivity index (χ1n) is 2.57. The molecule has 0 aromatic rings. The molecular formula is C5H9NO2. The lowest BCUT2D eigenvalue weighted by atomic mass is 10.4. The van der Waals surface area contributed by atoms with Crippen LogP contribution in [0.5, 0.6) is 0 Å². The molecule has 0 unspecified atom stereocenters. The summed E-state index contributed by atoms with van der Waals surface area (Å²) in [5.74, 6) is 0.166. The van der Waals surface area contributed by atoms with E-state index in [1.807, 2.05) is 11.9 Å². The molecule has 46 valence electrons. The van der Waals surface area contributed by atoms with Gasteiger partial charge >= 0.3 is 0 Å². The van der Waals surface area contributed by atoms with Gasteiger partial charge in [0.25, 0.3) is 0 Å². The average Bonchev–Trinajstić information content (AvgIpc) is 1.64. The lowest BCUT2D eigenvalue weighted by molar-refractivity contribution is -0.133. The highest BCUT2D eigenvalue weighted by Gasteiger charge is 2.11. The first-order valence-corrected chi connectivity index (χ1v) is 2.57. The van der Waals surface area contributed by atoms with E-state index < -0.39 is 0 Å². The third-order valence-electron chi connectivity index (χ3n) is 1.02. The number of likely N-dealkylation sites (N-methyl/N-ethyl adjacent to an activating group) is 1. The Morgan fingerprint density at radius 1 is 1.75 bits per heavy atom. The minimum Gasteiger partial charge on any atom is -0.358 e. The third kappa shape index (κ3) is 1.28. The highest BCUT2D eigenvalue weighted by molar-refractivity contribution is 5.82. The Balaban J connectivity index is 2.34. The van der Waals surface area contributed by atoms with E-state index in [9.17, 15) is 4.79 Å². The van der Waals surface area contributed by atoms with Crippen LogP contribution in [0.4, 0.5) is 0 Å². The predicted molar refractivity (Wildman–Crippen MR) is 28.5 cm³/mol. The van der Waals surface area contributed by atoms with Crippen LogP contribution in [-0.4, -0.2) is 37.6 Å². The normalized spacial score (nSPS) is 23.9. The number of hydrogen-bond donors (Lipinski definition) is 0. The Morgan fingerprint density at radius 3 is 2.88 bits per heavy atom. The van der Waals surface area contributed by atoms with Gasteiger partial charge in [-0.15, -0.1) is 0 Å². The van der Waals surface area contributed by atoms with Crippen LogP contribution in [-0.2, 0) is 9.53 Å². The Hall–Kier alpha value is -0.410. The monoisotopic (exact) mass is 115 g/mol. The molecule has 0 aromatic heterocycles. The molecule has 0 bridgehead atoms. The minimum absolute atomic E-state index is 0.166. The summed E-state index contributed by atoms with van der Waals surface area (Å²) in [6.07, 6.45) is 0. The number of nitrogens with zero attached hydrogens (tertiary/aromatic N) is 1. The van der Waals surface area contributed by atoms with Gasteiger partial charge < -0.3 is 4.74 Å². The summed E-state index contributed by atoms with van der Waals surface area (Å²) in [5.41, 5.74) is 0. The van der Waals surface area contributed by atoms with E-state index in [-0.39, 0.29) is 5.78 Å². The van der Waals surface area contributed by atoms with E-state index in [1.54, 1.807) is 0 Å². The lowest BCUT2D eigenvalue weighted by Crippen LogP contribution is -2.36. The van der Waals surface area contributed by atoms with Crippen molar-refractivity contribution in [2.75, 3.05) is 26.9 Å². The van der Waals surface area contributed by atoms with Crippen LogP contribution in [0, 0.1) is 0 Å². The molecule has 1 rings (SSSR count).